The summed E-state index contributed by atoms with van der Waals surface area (Å²) in [4.78, 5) is 29.2. The summed E-state index contributed by atoms with van der Waals surface area (Å²) >= 11 is 7.24. The van der Waals surface area contributed by atoms with Gasteiger partial charge in [0.25, 0.3) is 5.91 Å². The van der Waals surface area contributed by atoms with E-state index in [9.17, 15) is 9.59 Å². The van der Waals surface area contributed by atoms with E-state index in [0.717, 1.165) is 10.6 Å². The minimum Gasteiger partial charge on any atom is -0.481 e. The van der Waals surface area contributed by atoms with Gasteiger partial charge < -0.3 is 10.0 Å². The van der Waals surface area contributed by atoms with E-state index in [1.807, 2.05) is 12.1 Å². The fourth-order valence-electron chi connectivity index (χ4n) is 2.41. The Labute approximate surface area is 136 Å². The number of halogens is 1. The van der Waals surface area contributed by atoms with Crippen LogP contribution < -0.4 is 0 Å². The second kappa shape index (κ2) is 6.06. The monoisotopic (exact) mass is 336 g/mol. The zero-order valence-corrected chi connectivity index (χ0v) is 13.1. The minimum absolute atomic E-state index is 0.208. The number of carbonyl (C=O) groups is 2. The van der Waals surface area contributed by atoms with Gasteiger partial charge in [-0.25, -0.2) is 4.98 Å². The van der Waals surface area contributed by atoms with E-state index in [4.69, 9.17) is 16.7 Å². The second-order valence-electron chi connectivity index (χ2n) is 5.12. The highest BCUT2D eigenvalue weighted by molar-refractivity contribution is 7.13. The number of likely N-dealkylation sites (tertiary alicyclic amines) is 1. The summed E-state index contributed by atoms with van der Waals surface area (Å²) in [5, 5.41) is 12.1. The van der Waals surface area contributed by atoms with Crippen molar-refractivity contribution >= 4 is 34.8 Å². The van der Waals surface area contributed by atoms with Crippen LogP contribution in [0.5, 0.6) is 0 Å². The lowest BCUT2D eigenvalue weighted by molar-refractivity contribution is -0.141. The first-order chi connectivity index (χ1) is 10.5. The summed E-state index contributed by atoms with van der Waals surface area (Å²) in [5.41, 5.74) is 1.26. The summed E-state index contributed by atoms with van der Waals surface area (Å²) in [5.74, 6) is -1.53. The van der Waals surface area contributed by atoms with Gasteiger partial charge in [0.1, 0.15) is 10.7 Å². The normalized spacial score (nSPS) is 17.7. The molecule has 2 aromatic rings. The number of hydrogen-bond acceptors (Lipinski definition) is 4. The van der Waals surface area contributed by atoms with Crippen LogP contribution in [0.3, 0.4) is 0 Å². The van der Waals surface area contributed by atoms with Gasteiger partial charge in [0.2, 0.25) is 0 Å². The van der Waals surface area contributed by atoms with Crippen molar-refractivity contribution in [2.75, 3.05) is 13.1 Å². The Hall–Kier alpha value is -1.92. The first-order valence-corrected chi connectivity index (χ1v) is 8.04. The molecule has 1 unspecified atom stereocenters. The molecule has 1 saturated heterocycles. The van der Waals surface area contributed by atoms with Gasteiger partial charge in [0.05, 0.1) is 5.92 Å². The molecule has 2 heterocycles. The van der Waals surface area contributed by atoms with E-state index >= 15 is 0 Å². The van der Waals surface area contributed by atoms with Crippen LogP contribution in [0.15, 0.2) is 29.6 Å². The molecule has 7 heteroatoms. The smallest absolute Gasteiger partial charge is 0.308 e. The van der Waals surface area contributed by atoms with Crippen molar-refractivity contribution in [3.8, 4) is 10.6 Å². The van der Waals surface area contributed by atoms with Crippen LogP contribution in [0.25, 0.3) is 10.6 Å². The molecule has 22 heavy (non-hydrogen) atoms. The van der Waals surface area contributed by atoms with E-state index < -0.39 is 11.9 Å². The van der Waals surface area contributed by atoms with Crippen LogP contribution >= 0.6 is 22.9 Å². The Bertz CT molecular complexity index is 714. The Morgan fingerprint density at radius 1 is 1.32 bits per heavy atom. The van der Waals surface area contributed by atoms with Gasteiger partial charge in [0, 0.05) is 29.1 Å². The van der Waals surface area contributed by atoms with Crippen LogP contribution in [-0.2, 0) is 4.79 Å². The maximum absolute atomic E-state index is 12.4. The molecule has 0 aliphatic carbocycles. The second-order valence-corrected chi connectivity index (χ2v) is 6.41. The number of carbonyl (C=O) groups excluding carboxylic acids is 1. The predicted octanol–water partition coefficient (Wildman–Crippen LogP) is 3.01. The molecule has 1 aromatic carbocycles. The van der Waals surface area contributed by atoms with Crippen molar-refractivity contribution in [2.24, 2.45) is 5.92 Å². The largest absolute Gasteiger partial charge is 0.481 e. The van der Waals surface area contributed by atoms with Gasteiger partial charge in [-0.05, 0) is 18.6 Å². The van der Waals surface area contributed by atoms with Crippen molar-refractivity contribution in [2.45, 2.75) is 6.42 Å². The molecule has 1 N–H and O–H groups in total. The van der Waals surface area contributed by atoms with Gasteiger partial charge in [-0.1, -0.05) is 23.7 Å². The molecule has 0 radical (unpaired) electrons. The standard InChI is InChI=1S/C15H13ClN2O3S/c16-11-3-1-9(2-4-11)13-17-12(8-22-13)14(19)18-6-5-10(7-18)15(20)21/h1-4,8,10H,5-7H2,(H,20,21). The van der Waals surface area contributed by atoms with E-state index in [0.29, 0.717) is 23.7 Å². The van der Waals surface area contributed by atoms with Crippen LogP contribution in [0.4, 0.5) is 0 Å². The molecule has 3 rings (SSSR count). The Balaban J connectivity index is 1.75. The third-order valence-corrected chi connectivity index (χ3v) is 4.78. The fraction of sp³-hybridized carbons (Fsp3) is 0.267. The fourth-order valence-corrected chi connectivity index (χ4v) is 3.33. The lowest BCUT2D eigenvalue weighted by atomic mass is 10.1. The molecule has 1 amide bonds. The highest BCUT2D eigenvalue weighted by Gasteiger charge is 2.32. The average Bonchev–Trinajstić information content (AvgIpc) is 3.17. The number of carboxylic acid groups (broad SMARTS) is 1. The topological polar surface area (TPSA) is 70.5 Å². The third-order valence-electron chi connectivity index (χ3n) is 3.64. The number of nitrogens with zero attached hydrogens (tertiary/aromatic N) is 2. The van der Waals surface area contributed by atoms with Gasteiger partial charge in [-0.3, -0.25) is 9.59 Å². The average molecular weight is 337 g/mol. The summed E-state index contributed by atoms with van der Waals surface area (Å²) in [6.45, 7) is 0.714. The van der Waals surface area contributed by atoms with Gasteiger partial charge in [0.15, 0.2) is 0 Å². The SMILES string of the molecule is O=C(O)C1CCN(C(=O)c2csc(-c3ccc(Cl)cc3)n2)C1. The Morgan fingerprint density at radius 3 is 2.68 bits per heavy atom. The highest BCUT2D eigenvalue weighted by atomic mass is 35.5. The molecule has 1 atom stereocenters. The Kier molecular flexibility index (Phi) is 4.13. The number of rotatable bonds is 3. The number of amides is 1. The maximum Gasteiger partial charge on any atom is 0.308 e. The maximum atomic E-state index is 12.4. The van der Waals surface area contributed by atoms with Crippen molar-refractivity contribution in [3.63, 3.8) is 0 Å². The molecule has 1 aliphatic heterocycles. The quantitative estimate of drug-likeness (QED) is 0.935. The number of aromatic nitrogens is 1. The third kappa shape index (κ3) is 2.98. The van der Waals surface area contributed by atoms with E-state index in [1.165, 1.54) is 11.3 Å². The molecule has 1 aliphatic rings. The molecule has 0 bridgehead atoms. The molecule has 0 saturated carbocycles. The molecule has 1 aromatic heterocycles. The zero-order chi connectivity index (χ0) is 15.7. The molecular weight excluding hydrogens is 324 g/mol. The number of benzene rings is 1. The summed E-state index contributed by atoms with van der Waals surface area (Å²) in [6.07, 6.45) is 0.495. The molecule has 114 valence electrons. The lowest BCUT2D eigenvalue weighted by Gasteiger charge is -2.13. The minimum atomic E-state index is -0.851. The lowest BCUT2D eigenvalue weighted by Crippen LogP contribution is -2.30. The van der Waals surface area contributed by atoms with E-state index in [1.54, 1.807) is 22.4 Å². The van der Waals surface area contributed by atoms with Crippen molar-refractivity contribution in [3.05, 3.63) is 40.4 Å². The first kappa shape index (κ1) is 15.0. The van der Waals surface area contributed by atoms with Crippen LogP contribution in [0.1, 0.15) is 16.9 Å². The molecule has 1 fully saturated rings. The molecule has 0 spiro atoms. The summed E-state index contributed by atoms with van der Waals surface area (Å²) in [7, 11) is 0. The summed E-state index contributed by atoms with van der Waals surface area (Å²) < 4.78 is 0. The number of hydrogen-bond donors (Lipinski definition) is 1. The summed E-state index contributed by atoms with van der Waals surface area (Å²) in [6, 6.07) is 7.26. The van der Waals surface area contributed by atoms with Crippen LogP contribution in [0.2, 0.25) is 5.02 Å². The molecule has 5 nitrogen and oxygen atoms in total. The number of thiazole rings is 1. The van der Waals surface area contributed by atoms with Crippen LogP contribution in [0, 0.1) is 5.92 Å². The predicted molar refractivity (Wildman–Crippen MR) is 84.2 cm³/mol. The van der Waals surface area contributed by atoms with E-state index in [-0.39, 0.29) is 12.5 Å². The Morgan fingerprint density at radius 2 is 2.05 bits per heavy atom. The van der Waals surface area contributed by atoms with Gasteiger partial charge >= 0.3 is 5.97 Å². The van der Waals surface area contributed by atoms with Crippen molar-refractivity contribution < 1.29 is 14.7 Å². The zero-order valence-electron chi connectivity index (χ0n) is 11.5. The number of aliphatic carboxylic acids is 1. The van der Waals surface area contributed by atoms with Gasteiger partial charge in [-0.2, -0.15) is 0 Å². The van der Waals surface area contributed by atoms with E-state index in [2.05, 4.69) is 4.98 Å². The number of carboxylic acids is 1. The van der Waals surface area contributed by atoms with Crippen LogP contribution in [-0.4, -0.2) is 40.0 Å². The molecular formula is C15H13ClN2O3S. The first-order valence-electron chi connectivity index (χ1n) is 6.78. The van der Waals surface area contributed by atoms with Crippen molar-refractivity contribution in [1.82, 2.24) is 9.88 Å². The van der Waals surface area contributed by atoms with Gasteiger partial charge in [-0.15, -0.1) is 11.3 Å². The van der Waals surface area contributed by atoms with Crippen molar-refractivity contribution in [1.29, 1.82) is 0 Å². The highest BCUT2D eigenvalue weighted by Crippen LogP contribution is 2.26.